The highest BCUT2D eigenvalue weighted by Gasteiger charge is 1.96. The second kappa shape index (κ2) is 5.85. The third kappa shape index (κ3) is 4.30. The van der Waals surface area contributed by atoms with Gasteiger partial charge in [-0.2, -0.15) is 5.10 Å². The van der Waals surface area contributed by atoms with Crippen LogP contribution in [0.2, 0.25) is 0 Å². The monoisotopic (exact) mass is 210 g/mol. The molecule has 0 saturated heterocycles. The summed E-state index contributed by atoms with van der Waals surface area (Å²) in [5.74, 6) is -0.321. The average Bonchev–Trinajstić information content (AvgIpc) is 2.61. The van der Waals surface area contributed by atoms with Crippen LogP contribution in [-0.4, -0.2) is 27.5 Å². The van der Waals surface area contributed by atoms with Gasteiger partial charge < -0.3 is 9.84 Å². The molecular formula is C10H14N2O3. The molecule has 0 aliphatic rings. The molecule has 15 heavy (non-hydrogen) atoms. The largest absolute Gasteiger partial charge is 0.486 e. The summed E-state index contributed by atoms with van der Waals surface area (Å²) in [7, 11) is 0. The maximum absolute atomic E-state index is 10.1. The van der Waals surface area contributed by atoms with Gasteiger partial charge in [0, 0.05) is 12.6 Å². The first-order chi connectivity index (χ1) is 7.22. The number of nitrogens with zero attached hydrogens (tertiary/aromatic N) is 2. The summed E-state index contributed by atoms with van der Waals surface area (Å²) in [4.78, 5) is 10.1. The summed E-state index contributed by atoms with van der Waals surface area (Å²) < 4.78 is 7.04. The quantitative estimate of drug-likeness (QED) is 0.719. The van der Waals surface area contributed by atoms with Crippen LogP contribution in [0.5, 0.6) is 5.75 Å². The Morgan fingerprint density at radius 3 is 3.20 bits per heavy atom. The van der Waals surface area contributed by atoms with Gasteiger partial charge in [-0.25, -0.2) is 4.79 Å². The van der Waals surface area contributed by atoms with Crippen molar-refractivity contribution in [2.24, 2.45) is 0 Å². The number of carbonyl (C=O) groups is 1. The molecule has 0 atom stereocenters. The summed E-state index contributed by atoms with van der Waals surface area (Å²) in [5, 5.41) is 12.4. The van der Waals surface area contributed by atoms with Crippen molar-refractivity contribution in [3.8, 4) is 5.75 Å². The lowest BCUT2D eigenvalue weighted by molar-refractivity contribution is -0.131. The maximum Gasteiger partial charge on any atom is 0.328 e. The number of rotatable bonds is 6. The van der Waals surface area contributed by atoms with Gasteiger partial charge >= 0.3 is 5.97 Å². The first kappa shape index (κ1) is 11.3. The van der Waals surface area contributed by atoms with Gasteiger partial charge in [-0.3, -0.25) is 4.68 Å². The number of hydrogen-bond donors (Lipinski definition) is 1. The van der Waals surface area contributed by atoms with Gasteiger partial charge in [0.25, 0.3) is 0 Å². The normalized spacial score (nSPS) is 10.7. The van der Waals surface area contributed by atoms with Crippen LogP contribution in [0, 0.1) is 0 Å². The SMILES string of the molecule is CCCn1cc(OC/C=C/C(=O)O)cn1. The maximum atomic E-state index is 10.1. The minimum Gasteiger partial charge on any atom is -0.486 e. The standard InChI is InChI=1S/C10H14N2O3/c1-2-5-12-8-9(7-11-12)15-6-3-4-10(13)14/h3-4,7-8H,2,5-6H2,1H3,(H,13,14)/b4-3+. The number of aromatic nitrogens is 2. The van der Waals surface area contributed by atoms with Crippen LogP contribution < -0.4 is 4.74 Å². The van der Waals surface area contributed by atoms with E-state index < -0.39 is 5.97 Å². The van der Waals surface area contributed by atoms with Crippen molar-refractivity contribution in [1.29, 1.82) is 0 Å². The third-order valence-corrected chi connectivity index (χ3v) is 1.67. The molecule has 1 heterocycles. The molecule has 0 unspecified atom stereocenters. The van der Waals surface area contributed by atoms with E-state index in [0.29, 0.717) is 5.75 Å². The molecule has 0 spiro atoms. The molecule has 82 valence electrons. The number of ether oxygens (including phenoxy) is 1. The highest BCUT2D eigenvalue weighted by atomic mass is 16.5. The minimum atomic E-state index is -0.972. The number of aliphatic carboxylic acids is 1. The zero-order valence-electron chi connectivity index (χ0n) is 8.59. The van der Waals surface area contributed by atoms with Crippen LogP contribution in [0.15, 0.2) is 24.5 Å². The zero-order valence-corrected chi connectivity index (χ0v) is 8.59. The summed E-state index contributed by atoms with van der Waals surface area (Å²) in [6, 6.07) is 0. The summed E-state index contributed by atoms with van der Waals surface area (Å²) >= 11 is 0. The molecule has 0 saturated carbocycles. The van der Waals surface area contributed by atoms with E-state index in [0.717, 1.165) is 19.0 Å². The fraction of sp³-hybridized carbons (Fsp3) is 0.400. The molecule has 0 radical (unpaired) electrons. The van der Waals surface area contributed by atoms with Gasteiger partial charge in [-0.05, 0) is 12.5 Å². The van der Waals surface area contributed by atoms with Crippen LogP contribution >= 0.6 is 0 Å². The fourth-order valence-electron chi connectivity index (χ4n) is 1.06. The van der Waals surface area contributed by atoms with Gasteiger partial charge in [0.1, 0.15) is 6.61 Å². The van der Waals surface area contributed by atoms with E-state index >= 15 is 0 Å². The molecule has 5 heteroatoms. The number of carboxylic acid groups (broad SMARTS) is 1. The van der Waals surface area contributed by atoms with Crippen molar-refractivity contribution in [3.63, 3.8) is 0 Å². The van der Waals surface area contributed by atoms with Crippen LogP contribution in [0.4, 0.5) is 0 Å². The van der Waals surface area contributed by atoms with E-state index in [4.69, 9.17) is 9.84 Å². The second-order valence-electron chi connectivity index (χ2n) is 2.99. The molecule has 0 aliphatic heterocycles. The molecule has 0 amide bonds. The molecule has 0 aromatic carbocycles. The smallest absolute Gasteiger partial charge is 0.328 e. The van der Waals surface area contributed by atoms with Crippen LogP contribution in [0.25, 0.3) is 0 Å². The first-order valence-corrected chi connectivity index (χ1v) is 4.77. The summed E-state index contributed by atoms with van der Waals surface area (Å²) in [6.07, 6.45) is 6.92. The van der Waals surface area contributed by atoms with E-state index in [2.05, 4.69) is 12.0 Å². The number of carboxylic acids is 1. The minimum absolute atomic E-state index is 0.240. The Kier molecular flexibility index (Phi) is 4.40. The summed E-state index contributed by atoms with van der Waals surface area (Å²) in [5.41, 5.74) is 0. The highest BCUT2D eigenvalue weighted by molar-refractivity contribution is 5.79. The van der Waals surface area contributed by atoms with Crippen LogP contribution in [0.3, 0.4) is 0 Å². The van der Waals surface area contributed by atoms with Crippen molar-refractivity contribution in [1.82, 2.24) is 9.78 Å². The molecule has 1 aromatic rings. The predicted octanol–water partition coefficient (Wildman–Crippen LogP) is 1.31. The Labute approximate surface area is 88.0 Å². The lowest BCUT2D eigenvalue weighted by atomic mass is 10.5. The Balaban J connectivity index is 2.34. The molecule has 1 N–H and O–H groups in total. The molecular weight excluding hydrogens is 196 g/mol. The molecule has 0 fully saturated rings. The number of aryl methyl sites for hydroxylation is 1. The van der Waals surface area contributed by atoms with E-state index in [1.165, 1.54) is 6.08 Å². The fourth-order valence-corrected chi connectivity index (χ4v) is 1.06. The van der Waals surface area contributed by atoms with Crippen LogP contribution in [0.1, 0.15) is 13.3 Å². The van der Waals surface area contributed by atoms with Gasteiger partial charge in [0.05, 0.1) is 12.4 Å². The van der Waals surface area contributed by atoms with E-state index in [1.807, 2.05) is 0 Å². The average molecular weight is 210 g/mol. The van der Waals surface area contributed by atoms with E-state index in [1.54, 1.807) is 17.1 Å². The number of hydrogen-bond acceptors (Lipinski definition) is 3. The van der Waals surface area contributed by atoms with Crippen molar-refractivity contribution < 1.29 is 14.6 Å². The second-order valence-corrected chi connectivity index (χ2v) is 2.99. The molecule has 0 aliphatic carbocycles. The zero-order chi connectivity index (χ0) is 11.1. The van der Waals surface area contributed by atoms with Crippen LogP contribution in [-0.2, 0) is 11.3 Å². The van der Waals surface area contributed by atoms with Gasteiger partial charge in [0.2, 0.25) is 0 Å². The van der Waals surface area contributed by atoms with E-state index in [9.17, 15) is 4.79 Å². The van der Waals surface area contributed by atoms with Gasteiger partial charge in [-0.1, -0.05) is 6.92 Å². The third-order valence-electron chi connectivity index (χ3n) is 1.67. The Hall–Kier alpha value is -1.78. The van der Waals surface area contributed by atoms with Crippen molar-refractivity contribution >= 4 is 5.97 Å². The Bertz CT molecular complexity index is 344. The molecule has 0 bridgehead atoms. The lowest BCUT2D eigenvalue weighted by Crippen LogP contribution is -1.96. The lowest BCUT2D eigenvalue weighted by Gasteiger charge is -1.97. The van der Waals surface area contributed by atoms with E-state index in [-0.39, 0.29) is 6.61 Å². The Morgan fingerprint density at radius 1 is 1.73 bits per heavy atom. The Morgan fingerprint density at radius 2 is 2.53 bits per heavy atom. The van der Waals surface area contributed by atoms with Gasteiger partial charge in [0.15, 0.2) is 5.75 Å². The van der Waals surface area contributed by atoms with Crippen molar-refractivity contribution in [2.45, 2.75) is 19.9 Å². The highest BCUT2D eigenvalue weighted by Crippen LogP contribution is 2.08. The first-order valence-electron chi connectivity index (χ1n) is 4.77. The molecule has 1 rings (SSSR count). The topological polar surface area (TPSA) is 64.3 Å². The van der Waals surface area contributed by atoms with Gasteiger partial charge in [-0.15, -0.1) is 0 Å². The van der Waals surface area contributed by atoms with Crippen molar-refractivity contribution in [2.75, 3.05) is 6.61 Å². The predicted molar refractivity (Wildman–Crippen MR) is 54.8 cm³/mol. The molecule has 5 nitrogen and oxygen atoms in total. The summed E-state index contributed by atoms with van der Waals surface area (Å²) in [6.45, 7) is 3.16. The van der Waals surface area contributed by atoms with Crippen molar-refractivity contribution in [3.05, 3.63) is 24.5 Å². The molecule has 1 aromatic heterocycles.